The number of nitrogens with one attached hydrogen (secondary N) is 3. The van der Waals surface area contributed by atoms with E-state index in [1.807, 2.05) is 47.4 Å². The summed E-state index contributed by atoms with van der Waals surface area (Å²) in [6, 6.07) is 17.1. The Bertz CT molecular complexity index is 833. The lowest BCUT2D eigenvalue weighted by molar-refractivity contribution is -0.117. The predicted octanol–water partition coefficient (Wildman–Crippen LogP) is 2.86. The first kappa shape index (κ1) is 18.7. The molecule has 0 bridgehead atoms. The second-order valence-corrected chi connectivity index (χ2v) is 7.43. The fraction of sp³-hybridized carbons (Fsp3) is 0.364. The number of amides is 2. The quantitative estimate of drug-likeness (QED) is 0.765. The van der Waals surface area contributed by atoms with Crippen molar-refractivity contribution in [2.45, 2.75) is 37.8 Å². The van der Waals surface area contributed by atoms with Crippen LogP contribution in [0.4, 0.5) is 5.69 Å². The van der Waals surface area contributed by atoms with Crippen LogP contribution in [0.15, 0.2) is 54.6 Å². The summed E-state index contributed by atoms with van der Waals surface area (Å²) < 4.78 is 0. The highest BCUT2D eigenvalue weighted by atomic mass is 16.2. The number of para-hydroxylation sites is 1. The molecule has 2 amide bonds. The summed E-state index contributed by atoms with van der Waals surface area (Å²) in [5.74, 6) is -0.139. The molecule has 2 saturated heterocycles. The number of hydrogen-bond acceptors (Lipinski definition) is 4. The maximum atomic E-state index is 12.9. The lowest BCUT2D eigenvalue weighted by Gasteiger charge is -2.27. The van der Waals surface area contributed by atoms with Gasteiger partial charge < -0.3 is 10.2 Å². The van der Waals surface area contributed by atoms with Crippen molar-refractivity contribution in [3.63, 3.8) is 0 Å². The molecule has 0 radical (unpaired) electrons. The number of rotatable bonds is 4. The third-order valence-corrected chi connectivity index (χ3v) is 5.48. The molecular weight excluding hydrogens is 352 g/mol. The molecule has 0 saturated carbocycles. The van der Waals surface area contributed by atoms with Crippen molar-refractivity contribution in [2.75, 3.05) is 18.4 Å². The summed E-state index contributed by atoms with van der Waals surface area (Å²) in [7, 11) is 0. The van der Waals surface area contributed by atoms with Crippen LogP contribution in [0.25, 0.3) is 0 Å². The molecule has 4 rings (SSSR count). The topological polar surface area (TPSA) is 73.5 Å². The summed E-state index contributed by atoms with van der Waals surface area (Å²) in [6.45, 7) is 1.57. The third kappa shape index (κ3) is 4.08. The van der Waals surface area contributed by atoms with E-state index in [0.29, 0.717) is 17.7 Å². The van der Waals surface area contributed by atoms with E-state index in [0.717, 1.165) is 31.5 Å². The molecule has 2 aromatic carbocycles. The van der Waals surface area contributed by atoms with Crippen molar-refractivity contribution in [3.8, 4) is 0 Å². The van der Waals surface area contributed by atoms with Crippen LogP contribution in [0.3, 0.4) is 0 Å². The van der Waals surface area contributed by atoms with Gasteiger partial charge in [0.2, 0.25) is 5.91 Å². The van der Waals surface area contributed by atoms with E-state index in [-0.39, 0.29) is 23.9 Å². The van der Waals surface area contributed by atoms with Crippen LogP contribution in [-0.2, 0) is 4.79 Å². The van der Waals surface area contributed by atoms with Gasteiger partial charge in [0.1, 0.15) is 6.04 Å². The molecule has 2 atom stereocenters. The Morgan fingerprint density at radius 2 is 1.61 bits per heavy atom. The zero-order chi connectivity index (χ0) is 19.3. The van der Waals surface area contributed by atoms with Gasteiger partial charge in [0, 0.05) is 19.1 Å². The lowest BCUT2D eigenvalue weighted by Crippen LogP contribution is -2.40. The van der Waals surface area contributed by atoms with Crippen LogP contribution < -0.4 is 16.2 Å². The normalized spacial score (nSPS) is 22.1. The zero-order valence-corrected chi connectivity index (χ0v) is 15.9. The van der Waals surface area contributed by atoms with E-state index < -0.39 is 0 Å². The number of benzene rings is 2. The fourth-order valence-electron chi connectivity index (χ4n) is 3.90. The molecule has 2 unspecified atom stereocenters. The van der Waals surface area contributed by atoms with Crippen LogP contribution in [-0.4, -0.2) is 35.8 Å². The smallest absolute Gasteiger partial charge is 0.255 e. The van der Waals surface area contributed by atoms with Crippen LogP contribution in [0.5, 0.6) is 0 Å². The standard InChI is InChI=1S/C22H26N4O2/c27-21(20-15-19(24-25-20)16-9-3-1-4-10-16)23-18-12-6-5-11-17(18)22(28)26-13-7-2-8-14-26/h1,3-6,9-12,19-20,24-25H,2,7-8,13-15H2,(H,23,27). The Labute approximate surface area is 165 Å². The van der Waals surface area contributed by atoms with Gasteiger partial charge in [0.05, 0.1) is 11.3 Å². The molecule has 0 aliphatic carbocycles. The molecule has 28 heavy (non-hydrogen) atoms. The number of anilines is 1. The minimum atomic E-state index is -0.358. The maximum Gasteiger partial charge on any atom is 0.255 e. The Balaban J connectivity index is 1.43. The summed E-state index contributed by atoms with van der Waals surface area (Å²) in [5, 5.41) is 2.96. The number of carbonyl (C=O) groups excluding carboxylic acids is 2. The van der Waals surface area contributed by atoms with E-state index in [4.69, 9.17) is 0 Å². The van der Waals surface area contributed by atoms with Gasteiger partial charge >= 0.3 is 0 Å². The molecule has 2 heterocycles. The fourth-order valence-corrected chi connectivity index (χ4v) is 3.90. The van der Waals surface area contributed by atoms with E-state index in [1.165, 1.54) is 6.42 Å². The van der Waals surface area contributed by atoms with Gasteiger partial charge in [-0.2, -0.15) is 0 Å². The Morgan fingerprint density at radius 1 is 0.893 bits per heavy atom. The average Bonchev–Trinajstić information content (AvgIpc) is 3.25. The van der Waals surface area contributed by atoms with Crippen molar-refractivity contribution >= 4 is 17.5 Å². The van der Waals surface area contributed by atoms with Gasteiger partial charge in [-0.05, 0) is 43.4 Å². The van der Waals surface area contributed by atoms with Gasteiger partial charge in [0.25, 0.3) is 5.91 Å². The monoisotopic (exact) mass is 378 g/mol. The highest BCUT2D eigenvalue weighted by molar-refractivity contribution is 6.04. The second-order valence-electron chi connectivity index (χ2n) is 7.43. The maximum absolute atomic E-state index is 12.9. The van der Waals surface area contributed by atoms with Gasteiger partial charge in [-0.3, -0.25) is 9.59 Å². The minimum absolute atomic E-state index is 0.00438. The van der Waals surface area contributed by atoms with E-state index in [2.05, 4.69) is 16.2 Å². The molecule has 0 aromatic heterocycles. The number of piperidine rings is 1. The number of hydrogen-bond donors (Lipinski definition) is 3. The highest BCUT2D eigenvalue weighted by Gasteiger charge is 2.31. The van der Waals surface area contributed by atoms with Gasteiger partial charge in [-0.1, -0.05) is 42.5 Å². The largest absolute Gasteiger partial charge is 0.339 e. The molecule has 3 N–H and O–H groups in total. The average molecular weight is 378 g/mol. The summed E-state index contributed by atoms with van der Waals surface area (Å²) in [5.41, 5.74) is 8.55. The molecule has 6 nitrogen and oxygen atoms in total. The summed E-state index contributed by atoms with van der Waals surface area (Å²) in [4.78, 5) is 27.6. The van der Waals surface area contributed by atoms with Crippen molar-refractivity contribution in [3.05, 3.63) is 65.7 Å². The number of nitrogens with zero attached hydrogens (tertiary/aromatic N) is 1. The Kier molecular flexibility index (Phi) is 5.69. The summed E-state index contributed by atoms with van der Waals surface area (Å²) >= 11 is 0. The SMILES string of the molecule is O=C(Nc1ccccc1C(=O)N1CCCCC1)C1CC(c2ccccc2)NN1. The van der Waals surface area contributed by atoms with Crippen LogP contribution in [0, 0.1) is 0 Å². The van der Waals surface area contributed by atoms with E-state index >= 15 is 0 Å². The zero-order valence-electron chi connectivity index (χ0n) is 15.9. The molecule has 6 heteroatoms. The second kappa shape index (κ2) is 8.54. The molecule has 146 valence electrons. The van der Waals surface area contributed by atoms with Crippen molar-refractivity contribution < 1.29 is 9.59 Å². The first-order valence-electron chi connectivity index (χ1n) is 9.97. The third-order valence-electron chi connectivity index (χ3n) is 5.48. The van der Waals surface area contributed by atoms with Crippen molar-refractivity contribution in [1.82, 2.24) is 15.8 Å². The number of carbonyl (C=O) groups is 2. The Morgan fingerprint density at radius 3 is 2.39 bits per heavy atom. The lowest BCUT2D eigenvalue weighted by atomic mass is 10.0. The van der Waals surface area contributed by atoms with Gasteiger partial charge in [0.15, 0.2) is 0 Å². The van der Waals surface area contributed by atoms with Gasteiger partial charge in [-0.15, -0.1) is 0 Å². The first-order valence-corrected chi connectivity index (χ1v) is 9.97. The predicted molar refractivity (Wildman–Crippen MR) is 109 cm³/mol. The molecule has 2 aromatic rings. The van der Waals surface area contributed by atoms with Crippen LogP contribution >= 0.6 is 0 Å². The molecular formula is C22H26N4O2. The van der Waals surface area contributed by atoms with Crippen molar-refractivity contribution in [2.24, 2.45) is 0 Å². The van der Waals surface area contributed by atoms with Gasteiger partial charge in [-0.25, -0.2) is 10.9 Å². The highest BCUT2D eigenvalue weighted by Crippen LogP contribution is 2.24. The number of likely N-dealkylation sites (tertiary alicyclic amines) is 1. The van der Waals surface area contributed by atoms with Crippen LogP contribution in [0.2, 0.25) is 0 Å². The summed E-state index contributed by atoms with van der Waals surface area (Å²) in [6.07, 6.45) is 3.90. The minimum Gasteiger partial charge on any atom is -0.339 e. The van der Waals surface area contributed by atoms with E-state index in [9.17, 15) is 9.59 Å². The molecule has 2 aliphatic heterocycles. The number of hydrazine groups is 1. The molecule has 0 spiro atoms. The van der Waals surface area contributed by atoms with E-state index in [1.54, 1.807) is 12.1 Å². The van der Waals surface area contributed by atoms with Crippen molar-refractivity contribution in [1.29, 1.82) is 0 Å². The van der Waals surface area contributed by atoms with Crippen LogP contribution in [0.1, 0.15) is 47.6 Å². The molecule has 2 aliphatic rings. The Hall–Kier alpha value is -2.70. The first-order chi connectivity index (χ1) is 13.7. The molecule has 2 fully saturated rings.